The van der Waals surface area contributed by atoms with Gasteiger partial charge in [-0.25, -0.2) is 8.42 Å². The highest BCUT2D eigenvalue weighted by molar-refractivity contribution is 7.90. The van der Waals surface area contributed by atoms with E-state index in [1.165, 1.54) is 0 Å². The van der Waals surface area contributed by atoms with Crippen LogP contribution in [0.1, 0.15) is 6.92 Å². The third-order valence-electron chi connectivity index (χ3n) is 3.39. The van der Waals surface area contributed by atoms with Gasteiger partial charge in [-0.15, -0.1) is 16.8 Å². The molecule has 0 saturated carbocycles. The van der Waals surface area contributed by atoms with Crippen molar-refractivity contribution in [2.24, 2.45) is 10.1 Å². The van der Waals surface area contributed by atoms with Crippen molar-refractivity contribution < 1.29 is 13.2 Å². The molecule has 0 saturated heterocycles. The Morgan fingerprint density at radius 3 is 2.81 bits per heavy atom. The Bertz CT molecular complexity index is 612. The Hall–Kier alpha value is -1.38. The maximum absolute atomic E-state index is 12.3. The van der Waals surface area contributed by atoms with E-state index in [1.807, 2.05) is 6.92 Å². The molecule has 21 heavy (non-hydrogen) atoms. The van der Waals surface area contributed by atoms with E-state index in [-0.39, 0.29) is 30.1 Å². The number of amidine groups is 1. The van der Waals surface area contributed by atoms with Gasteiger partial charge in [0.15, 0.2) is 0 Å². The highest BCUT2D eigenvalue weighted by atomic mass is 35.5. The van der Waals surface area contributed by atoms with Gasteiger partial charge in [-0.1, -0.05) is 0 Å². The lowest BCUT2D eigenvalue weighted by atomic mass is 10.1. The molecule has 0 spiro atoms. The first-order chi connectivity index (χ1) is 9.34. The number of halogens is 1. The maximum Gasteiger partial charge on any atom is 0.256 e. The number of hydrogen-bond acceptors (Lipinski definition) is 5. The summed E-state index contributed by atoms with van der Waals surface area (Å²) in [6, 6.07) is -0.0615. The van der Waals surface area contributed by atoms with Crippen LogP contribution in [0, 0.1) is 0 Å². The van der Waals surface area contributed by atoms with Crippen LogP contribution >= 0.6 is 12.4 Å². The van der Waals surface area contributed by atoms with E-state index in [0.29, 0.717) is 24.5 Å². The average Bonchev–Trinajstić information content (AvgIpc) is 2.43. The lowest BCUT2D eigenvalue weighted by Gasteiger charge is -2.29. The molecule has 7 nitrogen and oxygen atoms in total. The van der Waals surface area contributed by atoms with Crippen LogP contribution in [0.2, 0.25) is 0 Å². The standard InChI is InChI=1S/C12H18N4O3S.ClH/c1-9(7-13)15(2)12(17)10-3-4-11-14-20(18,19)6-5-16(11)8-10;/h3-4,8-9H,5-7,13H2,1-2H3;1H. The van der Waals surface area contributed by atoms with Crippen molar-refractivity contribution in [1.29, 1.82) is 0 Å². The largest absolute Gasteiger partial charge is 0.338 e. The van der Waals surface area contributed by atoms with E-state index in [9.17, 15) is 13.2 Å². The molecule has 0 bridgehead atoms. The van der Waals surface area contributed by atoms with Gasteiger partial charge in [0.1, 0.15) is 5.84 Å². The summed E-state index contributed by atoms with van der Waals surface area (Å²) < 4.78 is 26.5. The molecule has 2 N–H and O–H groups in total. The van der Waals surface area contributed by atoms with E-state index < -0.39 is 10.0 Å². The summed E-state index contributed by atoms with van der Waals surface area (Å²) in [5, 5.41) is 0. The Labute approximate surface area is 130 Å². The van der Waals surface area contributed by atoms with E-state index in [1.54, 1.807) is 35.2 Å². The molecule has 1 atom stereocenters. The number of likely N-dealkylation sites (N-methyl/N-ethyl adjacent to an activating group) is 1. The van der Waals surface area contributed by atoms with Crippen LogP contribution in [0.5, 0.6) is 0 Å². The molecule has 0 aromatic heterocycles. The van der Waals surface area contributed by atoms with Crippen LogP contribution in [-0.2, 0) is 14.8 Å². The van der Waals surface area contributed by atoms with E-state index in [2.05, 4.69) is 4.40 Å². The number of rotatable bonds is 3. The highest BCUT2D eigenvalue weighted by Crippen LogP contribution is 2.17. The predicted octanol–water partition coefficient (Wildman–Crippen LogP) is -0.289. The van der Waals surface area contributed by atoms with Crippen molar-refractivity contribution in [2.75, 3.05) is 25.9 Å². The molecular weight excluding hydrogens is 316 g/mol. The third-order valence-corrected chi connectivity index (χ3v) is 4.56. The van der Waals surface area contributed by atoms with Gasteiger partial charge in [0.25, 0.3) is 15.9 Å². The van der Waals surface area contributed by atoms with Gasteiger partial charge in [-0.05, 0) is 19.1 Å². The SMILES string of the molecule is CC(CN)N(C)C(=O)C1=CN2CCS(=O)(=O)N=C2C=C1.Cl. The molecule has 2 heterocycles. The summed E-state index contributed by atoms with van der Waals surface area (Å²) in [6.07, 6.45) is 4.76. The Balaban J connectivity index is 0.00000220. The van der Waals surface area contributed by atoms with Gasteiger partial charge >= 0.3 is 0 Å². The molecule has 0 fully saturated rings. The van der Waals surface area contributed by atoms with E-state index >= 15 is 0 Å². The van der Waals surface area contributed by atoms with Gasteiger partial charge in [0, 0.05) is 32.4 Å². The van der Waals surface area contributed by atoms with Crippen LogP contribution in [0.3, 0.4) is 0 Å². The first kappa shape index (κ1) is 17.7. The average molecular weight is 335 g/mol. The number of carbonyl (C=O) groups is 1. The minimum absolute atomic E-state index is 0. The van der Waals surface area contributed by atoms with E-state index in [4.69, 9.17) is 5.73 Å². The highest BCUT2D eigenvalue weighted by Gasteiger charge is 2.26. The summed E-state index contributed by atoms with van der Waals surface area (Å²) in [5.74, 6) is 0.158. The molecule has 0 aliphatic carbocycles. The number of nitrogens with two attached hydrogens (primary N) is 1. The molecule has 2 rings (SSSR count). The molecule has 1 amide bonds. The molecule has 2 aliphatic heterocycles. The van der Waals surface area contributed by atoms with Gasteiger partial charge in [-0.2, -0.15) is 0 Å². The molecular formula is C12H19ClN4O3S. The van der Waals surface area contributed by atoms with Gasteiger partial charge in [-0.3, -0.25) is 4.79 Å². The lowest BCUT2D eigenvalue weighted by molar-refractivity contribution is -0.127. The lowest BCUT2D eigenvalue weighted by Crippen LogP contribution is -2.42. The van der Waals surface area contributed by atoms with Gasteiger partial charge < -0.3 is 15.5 Å². The van der Waals surface area contributed by atoms with Crippen LogP contribution in [0.15, 0.2) is 28.3 Å². The quantitative estimate of drug-likeness (QED) is 0.765. The molecule has 118 valence electrons. The zero-order valence-corrected chi connectivity index (χ0v) is 13.5. The zero-order valence-electron chi connectivity index (χ0n) is 11.9. The van der Waals surface area contributed by atoms with Crippen molar-refractivity contribution in [1.82, 2.24) is 9.80 Å². The summed E-state index contributed by atoms with van der Waals surface area (Å²) in [5.41, 5.74) is 6.04. The zero-order chi connectivity index (χ0) is 14.9. The van der Waals surface area contributed by atoms with Gasteiger partial charge in [0.2, 0.25) is 0 Å². The van der Waals surface area contributed by atoms with Crippen molar-refractivity contribution in [2.45, 2.75) is 13.0 Å². The van der Waals surface area contributed by atoms with Crippen LogP contribution < -0.4 is 5.73 Å². The summed E-state index contributed by atoms with van der Waals surface area (Å²) in [7, 11) is -1.68. The summed E-state index contributed by atoms with van der Waals surface area (Å²) >= 11 is 0. The Kier molecular flexibility index (Phi) is 5.54. The number of sulfonamides is 1. The molecule has 0 aromatic carbocycles. The van der Waals surface area contributed by atoms with E-state index in [0.717, 1.165) is 0 Å². The number of fused-ring (bicyclic) bond motifs is 1. The van der Waals surface area contributed by atoms with Crippen molar-refractivity contribution >= 4 is 34.2 Å². The second-order valence-corrected chi connectivity index (χ2v) is 6.60. The second-order valence-electron chi connectivity index (χ2n) is 4.85. The first-order valence-corrected chi connectivity index (χ1v) is 7.91. The first-order valence-electron chi connectivity index (χ1n) is 6.30. The third kappa shape index (κ3) is 3.84. The summed E-state index contributed by atoms with van der Waals surface area (Å²) in [4.78, 5) is 15.5. The topological polar surface area (TPSA) is 96.1 Å². The molecule has 2 aliphatic rings. The molecule has 0 radical (unpaired) electrons. The fraction of sp³-hybridized carbons (Fsp3) is 0.500. The summed E-state index contributed by atoms with van der Waals surface area (Å²) in [6.45, 7) is 2.55. The molecule has 0 aromatic rings. The van der Waals surface area contributed by atoms with Crippen molar-refractivity contribution in [3.63, 3.8) is 0 Å². The van der Waals surface area contributed by atoms with Crippen LogP contribution in [0.25, 0.3) is 0 Å². The second kappa shape index (κ2) is 6.59. The normalized spacial score (nSPS) is 20.6. The number of nitrogens with zero attached hydrogens (tertiary/aromatic N) is 3. The minimum atomic E-state index is -3.37. The molecule has 1 unspecified atom stereocenters. The smallest absolute Gasteiger partial charge is 0.256 e. The Morgan fingerprint density at radius 2 is 2.19 bits per heavy atom. The number of hydrogen-bond donors (Lipinski definition) is 1. The fourth-order valence-electron chi connectivity index (χ4n) is 1.89. The van der Waals surface area contributed by atoms with Crippen LogP contribution in [0.4, 0.5) is 0 Å². The monoisotopic (exact) mass is 334 g/mol. The fourth-order valence-corrected chi connectivity index (χ4v) is 2.86. The predicted molar refractivity (Wildman–Crippen MR) is 83.7 cm³/mol. The minimum Gasteiger partial charge on any atom is -0.338 e. The number of amides is 1. The molecule has 9 heteroatoms. The Morgan fingerprint density at radius 1 is 1.52 bits per heavy atom. The van der Waals surface area contributed by atoms with Crippen molar-refractivity contribution in [3.8, 4) is 0 Å². The van der Waals surface area contributed by atoms with Gasteiger partial charge in [0.05, 0.1) is 11.3 Å². The van der Waals surface area contributed by atoms with Crippen LogP contribution in [-0.4, -0.2) is 61.9 Å². The van der Waals surface area contributed by atoms with Crippen molar-refractivity contribution in [3.05, 3.63) is 23.9 Å². The maximum atomic E-state index is 12.3. The number of carbonyl (C=O) groups excluding carboxylic acids is 1.